The number of carbonyl (C=O) groups is 4. The second kappa shape index (κ2) is 14.1. The van der Waals surface area contributed by atoms with Gasteiger partial charge in [-0.15, -0.1) is 0 Å². The van der Waals surface area contributed by atoms with Crippen molar-refractivity contribution in [2.24, 2.45) is 17.4 Å². The molecule has 4 atom stereocenters. The molecule has 180 valence electrons. The first-order valence-electron chi connectivity index (χ1n) is 10.7. The minimum absolute atomic E-state index is 0.218. The highest BCUT2D eigenvalue weighted by Gasteiger charge is 2.28. The molecule has 0 bridgehead atoms. The van der Waals surface area contributed by atoms with Crippen molar-refractivity contribution in [2.75, 3.05) is 13.1 Å². The molecule has 0 aromatic carbocycles. The standard InChI is InChI=1S/C20H35N7O5/c1-3-12(2)17(27-18(29)14(22)8-13-9-23-11-25-13)19(30)24-10-16(28)26-15(20(31)32)6-4-5-7-21/h9,11-12,14-15,17H,3-8,10,21-22H2,1-2H3,(H,23,25)(H,24,30)(H,26,28)(H,27,29)(H,31,32). The van der Waals surface area contributed by atoms with Gasteiger partial charge in [-0.05, 0) is 31.7 Å². The zero-order valence-electron chi connectivity index (χ0n) is 18.6. The number of nitrogens with one attached hydrogen (secondary N) is 4. The number of carboxylic acid groups (broad SMARTS) is 1. The fraction of sp³-hybridized carbons (Fsp3) is 0.650. The molecule has 0 saturated carbocycles. The first kappa shape index (κ1) is 27.0. The van der Waals surface area contributed by atoms with Crippen molar-refractivity contribution in [1.29, 1.82) is 0 Å². The van der Waals surface area contributed by atoms with E-state index in [0.29, 0.717) is 31.5 Å². The maximum atomic E-state index is 12.7. The number of unbranched alkanes of at least 4 members (excludes halogenated alkanes) is 1. The van der Waals surface area contributed by atoms with Crippen LogP contribution in [0.15, 0.2) is 12.5 Å². The summed E-state index contributed by atoms with van der Waals surface area (Å²) in [7, 11) is 0. The summed E-state index contributed by atoms with van der Waals surface area (Å²) in [5.74, 6) is -3.06. The lowest BCUT2D eigenvalue weighted by molar-refractivity contribution is -0.142. The third kappa shape index (κ3) is 9.43. The number of amides is 3. The number of hydrogen-bond acceptors (Lipinski definition) is 7. The van der Waals surface area contributed by atoms with E-state index in [4.69, 9.17) is 11.5 Å². The average Bonchev–Trinajstić information content (AvgIpc) is 3.27. The molecule has 1 aromatic rings. The normalized spacial score (nSPS) is 14.6. The number of nitrogens with two attached hydrogens (primary N) is 2. The number of carboxylic acids is 1. The number of aromatic nitrogens is 2. The summed E-state index contributed by atoms with van der Waals surface area (Å²) < 4.78 is 0. The first-order chi connectivity index (χ1) is 15.2. The van der Waals surface area contributed by atoms with E-state index in [1.165, 1.54) is 6.33 Å². The van der Waals surface area contributed by atoms with Gasteiger partial charge in [0.15, 0.2) is 0 Å². The maximum absolute atomic E-state index is 12.7. The van der Waals surface area contributed by atoms with Gasteiger partial charge in [-0.1, -0.05) is 20.3 Å². The van der Waals surface area contributed by atoms with Crippen molar-refractivity contribution in [2.45, 2.75) is 64.1 Å². The largest absolute Gasteiger partial charge is 0.480 e. The fourth-order valence-corrected chi connectivity index (χ4v) is 2.96. The highest BCUT2D eigenvalue weighted by Crippen LogP contribution is 2.09. The molecular formula is C20H35N7O5. The van der Waals surface area contributed by atoms with Gasteiger partial charge in [-0.3, -0.25) is 14.4 Å². The SMILES string of the molecule is CCC(C)C(NC(=O)C(N)Cc1cnc[nH]1)C(=O)NCC(=O)NC(CCCCN)C(=O)O. The summed E-state index contributed by atoms with van der Waals surface area (Å²) in [6.45, 7) is 3.68. The van der Waals surface area contributed by atoms with Crippen LogP contribution in [-0.2, 0) is 25.6 Å². The van der Waals surface area contributed by atoms with Crippen LogP contribution in [0.1, 0.15) is 45.2 Å². The topological polar surface area (TPSA) is 205 Å². The predicted molar refractivity (Wildman–Crippen MR) is 117 cm³/mol. The Morgan fingerprint density at radius 2 is 1.91 bits per heavy atom. The van der Waals surface area contributed by atoms with Crippen LogP contribution in [0.5, 0.6) is 0 Å². The van der Waals surface area contributed by atoms with E-state index in [2.05, 4.69) is 25.9 Å². The van der Waals surface area contributed by atoms with E-state index in [1.54, 1.807) is 13.1 Å². The molecule has 32 heavy (non-hydrogen) atoms. The number of aliphatic carboxylic acids is 1. The van der Waals surface area contributed by atoms with Gasteiger partial charge in [0.2, 0.25) is 17.7 Å². The lowest BCUT2D eigenvalue weighted by Crippen LogP contribution is -2.56. The molecule has 1 heterocycles. The van der Waals surface area contributed by atoms with Crippen LogP contribution in [0.25, 0.3) is 0 Å². The van der Waals surface area contributed by atoms with Gasteiger partial charge >= 0.3 is 5.97 Å². The number of hydrogen-bond donors (Lipinski definition) is 7. The van der Waals surface area contributed by atoms with Crippen LogP contribution in [0.4, 0.5) is 0 Å². The van der Waals surface area contributed by atoms with Gasteiger partial charge in [-0.25, -0.2) is 9.78 Å². The van der Waals surface area contributed by atoms with Crippen molar-refractivity contribution >= 4 is 23.7 Å². The van der Waals surface area contributed by atoms with E-state index in [-0.39, 0.29) is 18.8 Å². The third-order valence-electron chi connectivity index (χ3n) is 5.13. The van der Waals surface area contributed by atoms with Crippen molar-refractivity contribution < 1.29 is 24.3 Å². The van der Waals surface area contributed by atoms with Crippen LogP contribution < -0.4 is 27.4 Å². The highest BCUT2D eigenvalue weighted by molar-refractivity contribution is 5.92. The van der Waals surface area contributed by atoms with Crippen LogP contribution >= 0.6 is 0 Å². The van der Waals surface area contributed by atoms with Crippen molar-refractivity contribution in [3.05, 3.63) is 18.2 Å². The monoisotopic (exact) mass is 453 g/mol. The molecule has 0 radical (unpaired) electrons. The lowest BCUT2D eigenvalue weighted by atomic mass is 9.97. The van der Waals surface area contributed by atoms with Gasteiger partial charge in [0.1, 0.15) is 12.1 Å². The Morgan fingerprint density at radius 3 is 2.47 bits per heavy atom. The lowest BCUT2D eigenvalue weighted by Gasteiger charge is -2.25. The minimum Gasteiger partial charge on any atom is -0.480 e. The Labute approximate surface area is 187 Å². The zero-order chi connectivity index (χ0) is 24.1. The van der Waals surface area contributed by atoms with Crippen molar-refractivity contribution in [1.82, 2.24) is 25.9 Å². The van der Waals surface area contributed by atoms with Crippen LogP contribution in [0, 0.1) is 5.92 Å². The van der Waals surface area contributed by atoms with E-state index >= 15 is 0 Å². The number of aromatic amines is 1. The predicted octanol–water partition coefficient (Wildman–Crippen LogP) is -1.37. The molecular weight excluding hydrogens is 418 g/mol. The second-order valence-corrected chi connectivity index (χ2v) is 7.72. The summed E-state index contributed by atoms with van der Waals surface area (Å²) >= 11 is 0. The first-order valence-corrected chi connectivity index (χ1v) is 10.7. The molecule has 12 nitrogen and oxygen atoms in total. The van der Waals surface area contributed by atoms with Crippen molar-refractivity contribution in [3.8, 4) is 0 Å². The average molecular weight is 454 g/mol. The molecule has 0 aliphatic rings. The van der Waals surface area contributed by atoms with E-state index in [0.717, 1.165) is 0 Å². The van der Waals surface area contributed by atoms with Crippen LogP contribution in [0.2, 0.25) is 0 Å². The Hall–Kier alpha value is -2.99. The Bertz CT molecular complexity index is 741. The smallest absolute Gasteiger partial charge is 0.326 e. The van der Waals surface area contributed by atoms with Gasteiger partial charge < -0.3 is 37.5 Å². The van der Waals surface area contributed by atoms with Gasteiger partial charge in [0, 0.05) is 18.3 Å². The molecule has 3 amide bonds. The number of nitrogens with zero attached hydrogens (tertiary/aromatic N) is 1. The summed E-state index contributed by atoms with van der Waals surface area (Å²) in [6.07, 6.45) is 5.31. The van der Waals surface area contributed by atoms with Crippen molar-refractivity contribution in [3.63, 3.8) is 0 Å². The van der Waals surface area contributed by atoms with Gasteiger partial charge in [-0.2, -0.15) is 0 Å². The molecule has 1 aromatic heterocycles. The summed E-state index contributed by atoms with van der Waals surface area (Å²) in [4.78, 5) is 55.3. The van der Waals surface area contributed by atoms with E-state index in [9.17, 15) is 24.3 Å². The molecule has 4 unspecified atom stereocenters. The van der Waals surface area contributed by atoms with E-state index < -0.39 is 48.4 Å². The van der Waals surface area contributed by atoms with Gasteiger partial charge in [0.25, 0.3) is 0 Å². The molecule has 0 fully saturated rings. The second-order valence-electron chi connectivity index (χ2n) is 7.72. The third-order valence-corrected chi connectivity index (χ3v) is 5.13. The summed E-state index contributed by atoms with van der Waals surface area (Å²) in [5, 5.41) is 16.7. The number of rotatable bonds is 15. The Morgan fingerprint density at radius 1 is 1.19 bits per heavy atom. The minimum atomic E-state index is -1.15. The molecule has 0 spiro atoms. The highest BCUT2D eigenvalue weighted by atomic mass is 16.4. The molecule has 0 aliphatic carbocycles. The molecule has 0 saturated heterocycles. The van der Waals surface area contributed by atoms with E-state index in [1.807, 2.05) is 6.92 Å². The fourth-order valence-electron chi connectivity index (χ4n) is 2.96. The van der Waals surface area contributed by atoms with Gasteiger partial charge in [0.05, 0.1) is 18.9 Å². The molecule has 1 rings (SSSR count). The number of carbonyl (C=O) groups excluding carboxylic acids is 3. The molecule has 9 N–H and O–H groups in total. The maximum Gasteiger partial charge on any atom is 0.326 e. The number of imidazole rings is 1. The Kier molecular flexibility index (Phi) is 12.0. The Balaban J connectivity index is 2.62. The van der Waals surface area contributed by atoms with Crippen LogP contribution in [0.3, 0.4) is 0 Å². The number of H-pyrrole nitrogens is 1. The quantitative estimate of drug-likeness (QED) is 0.157. The summed E-state index contributed by atoms with van der Waals surface area (Å²) in [6, 6.07) is -2.84. The zero-order valence-corrected chi connectivity index (χ0v) is 18.6. The summed E-state index contributed by atoms with van der Waals surface area (Å²) in [5.41, 5.74) is 12.0. The van der Waals surface area contributed by atoms with Crippen LogP contribution in [-0.4, -0.2) is 70.0 Å². The molecule has 0 aliphatic heterocycles. The molecule has 12 heteroatoms.